The zero-order chi connectivity index (χ0) is 15.9. The Hall–Kier alpha value is -2.82. The van der Waals surface area contributed by atoms with E-state index in [1.165, 1.54) is 0 Å². The van der Waals surface area contributed by atoms with Crippen LogP contribution in [0.25, 0.3) is 22.3 Å². The number of aromatic amines is 1. The predicted molar refractivity (Wildman–Crippen MR) is 85.5 cm³/mol. The number of hydrogen-bond donors (Lipinski definition) is 2. The molecule has 0 aliphatic heterocycles. The molecule has 22 heavy (non-hydrogen) atoms. The fourth-order valence-electron chi connectivity index (χ4n) is 2.48. The molecule has 2 aromatic carbocycles. The van der Waals surface area contributed by atoms with Crippen LogP contribution in [0.4, 0.5) is 0 Å². The van der Waals surface area contributed by atoms with Crippen LogP contribution in [0, 0.1) is 13.8 Å². The lowest BCUT2D eigenvalue weighted by molar-refractivity contribution is 0.415. The molecule has 0 radical (unpaired) electrons. The van der Waals surface area contributed by atoms with Crippen LogP contribution in [0.2, 0.25) is 0 Å². The van der Waals surface area contributed by atoms with Crippen LogP contribution in [0.5, 0.6) is 11.5 Å². The zero-order valence-corrected chi connectivity index (χ0v) is 12.6. The van der Waals surface area contributed by atoms with Gasteiger partial charge < -0.3 is 14.8 Å². The van der Waals surface area contributed by atoms with Crippen LogP contribution >= 0.6 is 0 Å². The molecule has 3 rings (SSSR count). The van der Waals surface area contributed by atoms with Gasteiger partial charge in [-0.1, -0.05) is 0 Å². The molecule has 0 spiro atoms. The van der Waals surface area contributed by atoms with Crippen LogP contribution in [0.1, 0.15) is 11.1 Å². The summed E-state index contributed by atoms with van der Waals surface area (Å²) in [6.07, 6.45) is 0. The number of fused-ring (bicyclic) bond motifs is 1. The number of aromatic hydroxyl groups is 1. The van der Waals surface area contributed by atoms with E-state index in [2.05, 4.69) is 9.97 Å². The van der Waals surface area contributed by atoms with Gasteiger partial charge in [0, 0.05) is 11.6 Å². The van der Waals surface area contributed by atoms with Crippen LogP contribution in [0.3, 0.4) is 0 Å². The topological polar surface area (TPSA) is 75.2 Å². The van der Waals surface area contributed by atoms with E-state index in [0.29, 0.717) is 22.5 Å². The molecule has 2 N–H and O–H groups in total. The van der Waals surface area contributed by atoms with Crippen molar-refractivity contribution in [1.82, 2.24) is 9.97 Å². The number of methoxy groups -OCH3 is 1. The van der Waals surface area contributed by atoms with Gasteiger partial charge in [0.15, 0.2) is 0 Å². The van der Waals surface area contributed by atoms with Crippen LogP contribution < -0.4 is 10.3 Å². The number of nitrogens with one attached hydrogen (secondary N) is 1. The Morgan fingerprint density at radius 2 is 1.82 bits per heavy atom. The maximum Gasteiger partial charge on any atom is 0.259 e. The van der Waals surface area contributed by atoms with E-state index in [9.17, 15) is 9.90 Å². The summed E-state index contributed by atoms with van der Waals surface area (Å²) in [5, 5.41) is 10.4. The highest BCUT2D eigenvalue weighted by Gasteiger charge is 2.10. The van der Waals surface area contributed by atoms with Gasteiger partial charge >= 0.3 is 0 Å². The summed E-state index contributed by atoms with van der Waals surface area (Å²) in [7, 11) is 1.57. The van der Waals surface area contributed by atoms with Crippen molar-refractivity contribution >= 4 is 10.9 Å². The quantitative estimate of drug-likeness (QED) is 0.762. The van der Waals surface area contributed by atoms with E-state index in [1.807, 2.05) is 13.8 Å². The third kappa shape index (κ3) is 2.30. The van der Waals surface area contributed by atoms with Crippen molar-refractivity contribution < 1.29 is 9.84 Å². The number of nitrogens with zero attached hydrogens (tertiary/aromatic N) is 1. The molecular formula is C17H16N2O3. The third-order valence-electron chi connectivity index (χ3n) is 3.68. The van der Waals surface area contributed by atoms with Gasteiger partial charge in [-0.2, -0.15) is 0 Å². The molecule has 0 unspecified atom stereocenters. The fourth-order valence-corrected chi connectivity index (χ4v) is 2.48. The minimum absolute atomic E-state index is 0.203. The molecule has 0 saturated heterocycles. The molecule has 0 saturated carbocycles. The first-order valence-corrected chi connectivity index (χ1v) is 6.88. The maximum atomic E-state index is 12.2. The van der Waals surface area contributed by atoms with Gasteiger partial charge in [-0.05, 0) is 49.2 Å². The summed E-state index contributed by atoms with van der Waals surface area (Å²) >= 11 is 0. The molecule has 3 aromatic rings. The third-order valence-corrected chi connectivity index (χ3v) is 3.68. The summed E-state index contributed by atoms with van der Waals surface area (Å²) in [5.74, 6) is 1.38. The van der Waals surface area contributed by atoms with Crippen molar-refractivity contribution in [2.75, 3.05) is 7.11 Å². The molecule has 112 valence electrons. The molecule has 5 heteroatoms. The highest BCUT2D eigenvalue weighted by Crippen LogP contribution is 2.28. The first-order valence-electron chi connectivity index (χ1n) is 6.88. The Morgan fingerprint density at radius 3 is 2.45 bits per heavy atom. The monoisotopic (exact) mass is 296 g/mol. The molecule has 0 aliphatic carbocycles. The molecule has 5 nitrogen and oxygen atoms in total. The minimum atomic E-state index is -0.203. The van der Waals surface area contributed by atoms with Gasteiger partial charge in [0.2, 0.25) is 0 Å². The molecule has 1 aromatic heterocycles. The SMILES string of the molecule is COc1ccc2c(=O)[nH]c(-c3cc(C)c(O)c(C)c3)nc2c1. The van der Waals surface area contributed by atoms with Gasteiger partial charge in [-0.3, -0.25) is 4.79 Å². The lowest BCUT2D eigenvalue weighted by Crippen LogP contribution is -2.09. The molecule has 0 amide bonds. The Morgan fingerprint density at radius 1 is 1.14 bits per heavy atom. The first-order chi connectivity index (χ1) is 10.5. The van der Waals surface area contributed by atoms with E-state index in [0.717, 1.165) is 16.7 Å². The number of benzene rings is 2. The lowest BCUT2D eigenvalue weighted by atomic mass is 10.1. The molecule has 0 fully saturated rings. The van der Waals surface area contributed by atoms with E-state index in [4.69, 9.17) is 4.74 Å². The van der Waals surface area contributed by atoms with Crippen molar-refractivity contribution in [3.05, 3.63) is 51.8 Å². The number of phenols is 1. The molecular weight excluding hydrogens is 280 g/mol. The van der Waals surface area contributed by atoms with Crippen LogP contribution in [0.15, 0.2) is 35.1 Å². The number of aromatic nitrogens is 2. The zero-order valence-electron chi connectivity index (χ0n) is 12.6. The van der Waals surface area contributed by atoms with Gasteiger partial charge in [-0.25, -0.2) is 4.98 Å². The number of ether oxygens (including phenoxy) is 1. The first kappa shape index (κ1) is 14.1. The smallest absolute Gasteiger partial charge is 0.259 e. The van der Waals surface area contributed by atoms with Crippen molar-refractivity contribution in [3.8, 4) is 22.9 Å². The molecule has 1 heterocycles. The minimum Gasteiger partial charge on any atom is -0.507 e. The van der Waals surface area contributed by atoms with Gasteiger partial charge in [0.05, 0.1) is 18.0 Å². The number of H-pyrrole nitrogens is 1. The Kier molecular flexibility index (Phi) is 3.33. The van der Waals surface area contributed by atoms with Crippen molar-refractivity contribution in [3.63, 3.8) is 0 Å². The Labute approximate surface area is 127 Å². The molecule has 0 atom stereocenters. The van der Waals surface area contributed by atoms with Crippen LogP contribution in [-0.2, 0) is 0 Å². The lowest BCUT2D eigenvalue weighted by Gasteiger charge is -2.08. The van der Waals surface area contributed by atoms with E-state index in [1.54, 1.807) is 37.4 Å². The van der Waals surface area contributed by atoms with Crippen LogP contribution in [-0.4, -0.2) is 22.2 Å². The highest BCUT2D eigenvalue weighted by molar-refractivity contribution is 5.81. The van der Waals surface area contributed by atoms with Gasteiger partial charge in [-0.15, -0.1) is 0 Å². The summed E-state index contributed by atoms with van der Waals surface area (Å²) in [6, 6.07) is 8.75. The Balaban J connectivity index is 2.25. The second-order valence-corrected chi connectivity index (χ2v) is 5.26. The fraction of sp³-hybridized carbons (Fsp3) is 0.176. The molecule has 0 aliphatic rings. The summed E-state index contributed by atoms with van der Waals surface area (Å²) in [5.41, 5.74) is 2.61. The summed E-state index contributed by atoms with van der Waals surface area (Å²) in [4.78, 5) is 19.5. The summed E-state index contributed by atoms with van der Waals surface area (Å²) in [6.45, 7) is 3.63. The maximum absolute atomic E-state index is 12.2. The number of phenolic OH excluding ortho intramolecular Hbond substituents is 1. The largest absolute Gasteiger partial charge is 0.507 e. The average Bonchev–Trinajstić information content (AvgIpc) is 2.51. The average molecular weight is 296 g/mol. The summed E-state index contributed by atoms with van der Waals surface area (Å²) < 4.78 is 5.18. The van der Waals surface area contributed by atoms with Gasteiger partial charge in [0.25, 0.3) is 5.56 Å². The number of rotatable bonds is 2. The normalized spacial score (nSPS) is 10.9. The second-order valence-electron chi connectivity index (χ2n) is 5.26. The van der Waals surface area contributed by atoms with Crippen molar-refractivity contribution in [2.45, 2.75) is 13.8 Å². The molecule has 0 bridgehead atoms. The number of hydrogen-bond acceptors (Lipinski definition) is 4. The predicted octanol–water partition coefficient (Wildman–Crippen LogP) is 2.92. The number of aryl methyl sites for hydroxylation is 2. The van der Waals surface area contributed by atoms with E-state index >= 15 is 0 Å². The van der Waals surface area contributed by atoms with Gasteiger partial charge in [0.1, 0.15) is 17.3 Å². The standard InChI is InChI=1S/C17H16N2O3/c1-9-6-11(7-10(2)15(9)20)16-18-14-8-12(22-3)4-5-13(14)17(21)19-16/h4-8,20H,1-3H3,(H,18,19,21). The second kappa shape index (κ2) is 5.18. The van der Waals surface area contributed by atoms with Crippen molar-refractivity contribution in [2.24, 2.45) is 0 Å². The van der Waals surface area contributed by atoms with E-state index in [-0.39, 0.29) is 11.3 Å². The Bertz CT molecular complexity index is 906. The highest BCUT2D eigenvalue weighted by atomic mass is 16.5. The van der Waals surface area contributed by atoms with Crippen molar-refractivity contribution in [1.29, 1.82) is 0 Å². The van der Waals surface area contributed by atoms with E-state index < -0.39 is 0 Å².